The quantitative estimate of drug-likeness (QED) is 0.391. The van der Waals surface area contributed by atoms with E-state index >= 15 is 0 Å². The molecule has 3 aromatic carbocycles. The van der Waals surface area contributed by atoms with Crippen LogP contribution in [-0.2, 0) is 7.05 Å². The van der Waals surface area contributed by atoms with Crippen LogP contribution in [0.15, 0.2) is 62.5 Å². The zero-order valence-corrected chi connectivity index (χ0v) is 16.4. The molecular formula is C19H13Br2N3O. The number of aliphatic imine (C=N–C) groups is 1. The van der Waals surface area contributed by atoms with Crippen molar-refractivity contribution in [3.8, 4) is 5.75 Å². The third-order valence-corrected chi connectivity index (χ3v) is 5.12. The molecule has 0 radical (unpaired) electrons. The summed E-state index contributed by atoms with van der Waals surface area (Å²) in [7, 11) is 1.93. The lowest BCUT2D eigenvalue weighted by molar-refractivity contribution is 0.475. The number of rotatable bonds is 2. The molecule has 0 fully saturated rings. The Hall–Kier alpha value is -2.18. The Morgan fingerprint density at radius 1 is 1.04 bits per heavy atom. The first-order valence-electron chi connectivity index (χ1n) is 7.60. The highest BCUT2D eigenvalue weighted by molar-refractivity contribution is 9.10. The summed E-state index contributed by atoms with van der Waals surface area (Å²) in [6, 6.07) is 15.4. The molecule has 0 aliphatic heterocycles. The highest BCUT2D eigenvalue weighted by Gasteiger charge is 2.09. The van der Waals surface area contributed by atoms with Gasteiger partial charge in [0.05, 0.1) is 11.0 Å². The fourth-order valence-corrected chi connectivity index (χ4v) is 3.56. The van der Waals surface area contributed by atoms with Crippen LogP contribution in [0.4, 0.5) is 5.95 Å². The van der Waals surface area contributed by atoms with Crippen molar-refractivity contribution in [1.82, 2.24) is 9.55 Å². The average molecular weight is 459 g/mol. The van der Waals surface area contributed by atoms with Gasteiger partial charge < -0.3 is 9.67 Å². The van der Waals surface area contributed by atoms with Crippen molar-refractivity contribution in [3.05, 3.63) is 63.0 Å². The van der Waals surface area contributed by atoms with Crippen LogP contribution in [0.25, 0.3) is 21.8 Å². The number of phenols is 1. The Morgan fingerprint density at radius 3 is 2.64 bits per heavy atom. The average Bonchev–Trinajstić information content (AvgIpc) is 2.90. The number of nitrogens with zero attached hydrogens (tertiary/aromatic N) is 3. The molecule has 0 atom stereocenters. The van der Waals surface area contributed by atoms with E-state index in [0.717, 1.165) is 30.8 Å². The molecule has 0 spiro atoms. The second-order valence-electron chi connectivity index (χ2n) is 5.73. The van der Waals surface area contributed by atoms with Gasteiger partial charge in [-0.3, -0.25) is 0 Å². The molecule has 0 aliphatic carbocycles. The van der Waals surface area contributed by atoms with Gasteiger partial charge in [-0.15, -0.1) is 0 Å². The predicted octanol–water partition coefficient (Wildman–Crippen LogP) is 5.71. The maximum absolute atomic E-state index is 10.3. The number of hydrogen-bond donors (Lipinski definition) is 1. The summed E-state index contributed by atoms with van der Waals surface area (Å²) in [5.41, 5.74) is 2.55. The van der Waals surface area contributed by atoms with E-state index in [4.69, 9.17) is 0 Å². The van der Waals surface area contributed by atoms with Crippen LogP contribution in [0.3, 0.4) is 0 Å². The van der Waals surface area contributed by atoms with Crippen LogP contribution in [0.2, 0.25) is 0 Å². The smallest absolute Gasteiger partial charge is 0.230 e. The first kappa shape index (κ1) is 16.3. The summed E-state index contributed by atoms with van der Waals surface area (Å²) in [4.78, 5) is 9.06. The van der Waals surface area contributed by atoms with E-state index in [1.807, 2.05) is 54.1 Å². The van der Waals surface area contributed by atoms with E-state index in [9.17, 15) is 5.11 Å². The lowest BCUT2D eigenvalue weighted by Crippen LogP contribution is -1.89. The molecule has 0 aliphatic rings. The summed E-state index contributed by atoms with van der Waals surface area (Å²) in [6.45, 7) is 0. The second-order valence-corrected chi connectivity index (χ2v) is 7.56. The lowest BCUT2D eigenvalue weighted by atomic mass is 10.0. The Kier molecular flexibility index (Phi) is 4.09. The standard InChI is InChI=1S/C19H13Br2N3O/c1-24-17-9-13(21)4-6-16(17)23-19(24)22-10-15-14-5-3-12(20)8-11(14)2-7-18(15)25/h2-10,25H,1H3. The van der Waals surface area contributed by atoms with Crippen molar-refractivity contribution in [1.29, 1.82) is 0 Å². The minimum Gasteiger partial charge on any atom is -0.507 e. The van der Waals surface area contributed by atoms with Crippen molar-refractivity contribution in [3.63, 3.8) is 0 Å². The van der Waals surface area contributed by atoms with E-state index in [1.165, 1.54) is 0 Å². The summed E-state index contributed by atoms with van der Waals surface area (Å²) < 4.78 is 3.92. The molecule has 25 heavy (non-hydrogen) atoms. The topological polar surface area (TPSA) is 50.4 Å². The molecule has 4 nitrogen and oxygen atoms in total. The van der Waals surface area contributed by atoms with Gasteiger partial charge in [-0.25, -0.2) is 9.98 Å². The Balaban J connectivity index is 1.84. The molecule has 4 aromatic rings. The maximum Gasteiger partial charge on any atom is 0.230 e. The normalized spacial score (nSPS) is 11.8. The number of aryl methyl sites for hydroxylation is 1. The van der Waals surface area contributed by atoms with Crippen molar-refractivity contribution >= 4 is 65.8 Å². The minimum absolute atomic E-state index is 0.195. The van der Waals surface area contributed by atoms with Crippen LogP contribution in [0.5, 0.6) is 5.75 Å². The molecule has 0 amide bonds. The van der Waals surface area contributed by atoms with E-state index < -0.39 is 0 Å². The van der Waals surface area contributed by atoms with Crippen molar-refractivity contribution in [2.45, 2.75) is 0 Å². The van der Waals surface area contributed by atoms with Crippen LogP contribution < -0.4 is 0 Å². The number of hydrogen-bond acceptors (Lipinski definition) is 3. The predicted molar refractivity (Wildman–Crippen MR) is 109 cm³/mol. The number of fused-ring (bicyclic) bond motifs is 2. The van der Waals surface area contributed by atoms with Crippen LogP contribution in [0, 0.1) is 0 Å². The van der Waals surface area contributed by atoms with Gasteiger partial charge in [0, 0.05) is 27.8 Å². The second kappa shape index (κ2) is 6.28. The van der Waals surface area contributed by atoms with Gasteiger partial charge in [-0.05, 0) is 47.2 Å². The number of aromatic nitrogens is 2. The van der Waals surface area contributed by atoms with E-state index in [1.54, 1.807) is 12.3 Å². The summed E-state index contributed by atoms with van der Waals surface area (Å²) in [5, 5.41) is 12.2. The fourth-order valence-electron chi connectivity index (χ4n) is 2.84. The van der Waals surface area contributed by atoms with Gasteiger partial charge in [-0.1, -0.05) is 44.0 Å². The largest absolute Gasteiger partial charge is 0.507 e. The summed E-state index contributed by atoms with van der Waals surface area (Å²) in [5.74, 6) is 0.779. The van der Waals surface area contributed by atoms with Gasteiger partial charge in [0.2, 0.25) is 5.95 Å². The Labute approximate surface area is 161 Å². The summed E-state index contributed by atoms with van der Waals surface area (Å²) in [6.07, 6.45) is 1.67. The SMILES string of the molecule is Cn1c(N=Cc2c(O)ccc3cc(Br)ccc23)nc2ccc(Br)cc21. The monoisotopic (exact) mass is 457 g/mol. The highest BCUT2D eigenvalue weighted by atomic mass is 79.9. The van der Waals surface area contributed by atoms with Crippen LogP contribution in [0.1, 0.15) is 5.56 Å². The molecule has 124 valence electrons. The van der Waals surface area contributed by atoms with Gasteiger partial charge in [-0.2, -0.15) is 0 Å². The first-order chi connectivity index (χ1) is 12.0. The Morgan fingerprint density at radius 2 is 1.80 bits per heavy atom. The zero-order valence-electron chi connectivity index (χ0n) is 13.2. The van der Waals surface area contributed by atoms with Crippen molar-refractivity contribution < 1.29 is 5.11 Å². The Bertz CT molecular complexity index is 1150. The number of benzene rings is 3. The third-order valence-electron chi connectivity index (χ3n) is 4.13. The zero-order chi connectivity index (χ0) is 17.6. The maximum atomic E-state index is 10.3. The molecule has 0 saturated heterocycles. The van der Waals surface area contributed by atoms with E-state index in [0.29, 0.717) is 11.5 Å². The van der Waals surface area contributed by atoms with Crippen LogP contribution >= 0.6 is 31.9 Å². The lowest BCUT2D eigenvalue weighted by Gasteiger charge is -2.05. The van der Waals surface area contributed by atoms with Crippen molar-refractivity contribution in [2.24, 2.45) is 12.0 Å². The fraction of sp³-hybridized carbons (Fsp3) is 0.0526. The van der Waals surface area contributed by atoms with Gasteiger partial charge in [0.25, 0.3) is 0 Å². The molecule has 0 saturated carbocycles. The van der Waals surface area contributed by atoms with E-state index in [-0.39, 0.29) is 5.75 Å². The highest BCUT2D eigenvalue weighted by Crippen LogP contribution is 2.29. The van der Waals surface area contributed by atoms with Gasteiger partial charge in [0.1, 0.15) is 5.75 Å². The molecule has 6 heteroatoms. The van der Waals surface area contributed by atoms with Crippen LogP contribution in [-0.4, -0.2) is 20.9 Å². The molecule has 1 N–H and O–H groups in total. The minimum atomic E-state index is 0.195. The number of phenolic OH excluding ortho intramolecular Hbond substituents is 1. The van der Waals surface area contributed by atoms with Gasteiger partial charge >= 0.3 is 0 Å². The van der Waals surface area contributed by atoms with E-state index in [2.05, 4.69) is 41.8 Å². The molecule has 0 bridgehead atoms. The molecule has 4 rings (SSSR count). The van der Waals surface area contributed by atoms with Crippen molar-refractivity contribution in [2.75, 3.05) is 0 Å². The number of imidazole rings is 1. The summed E-state index contributed by atoms with van der Waals surface area (Å²) >= 11 is 6.95. The molecule has 1 aromatic heterocycles. The molecular weight excluding hydrogens is 446 g/mol. The molecule has 0 unspecified atom stereocenters. The first-order valence-corrected chi connectivity index (χ1v) is 9.19. The van der Waals surface area contributed by atoms with Gasteiger partial charge in [0.15, 0.2) is 0 Å². The third kappa shape index (κ3) is 2.96. The molecule has 1 heterocycles. The number of halogens is 2. The number of aromatic hydroxyl groups is 1.